The van der Waals surface area contributed by atoms with Gasteiger partial charge >= 0.3 is 6.03 Å². The van der Waals surface area contributed by atoms with Gasteiger partial charge in [0.1, 0.15) is 0 Å². The van der Waals surface area contributed by atoms with Gasteiger partial charge < -0.3 is 16.0 Å². The summed E-state index contributed by atoms with van der Waals surface area (Å²) in [4.78, 5) is 23.4. The molecule has 3 N–H and O–H groups in total. The van der Waals surface area contributed by atoms with Gasteiger partial charge in [0, 0.05) is 12.1 Å². The summed E-state index contributed by atoms with van der Waals surface area (Å²) in [7, 11) is -3.21. The maximum Gasteiger partial charge on any atom is 0.315 e. The van der Waals surface area contributed by atoms with Crippen LogP contribution < -0.4 is 16.0 Å². The monoisotopic (exact) mass is 379 g/mol. The van der Waals surface area contributed by atoms with Crippen molar-refractivity contribution in [3.8, 4) is 0 Å². The van der Waals surface area contributed by atoms with Crippen molar-refractivity contribution in [1.29, 1.82) is 0 Å². The number of fused-ring (bicyclic) bond motifs is 1. The van der Waals surface area contributed by atoms with E-state index in [9.17, 15) is 18.0 Å². The number of anilines is 1. The molecule has 0 aromatic heterocycles. The van der Waals surface area contributed by atoms with Gasteiger partial charge in [0.15, 0.2) is 9.84 Å². The van der Waals surface area contributed by atoms with Crippen LogP contribution in [0.3, 0.4) is 0 Å². The third-order valence-corrected chi connectivity index (χ3v) is 7.53. The number of sulfone groups is 1. The van der Waals surface area contributed by atoms with E-state index < -0.39 is 15.1 Å². The minimum absolute atomic E-state index is 0.00562. The van der Waals surface area contributed by atoms with Crippen LogP contribution in [0.15, 0.2) is 18.2 Å². The molecule has 0 bridgehead atoms. The van der Waals surface area contributed by atoms with E-state index in [1.807, 2.05) is 32.0 Å². The van der Waals surface area contributed by atoms with Crippen LogP contribution in [0.5, 0.6) is 0 Å². The van der Waals surface area contributed by atoms with Crippen LogP contribution in [0.2, 0.25) is 0 Å². The van der Waals surface area contributed by atoms with Crippen molar-refractivity contribution in [2.45, 2.75) is 56.9 Å². The molecule has 2 saturated heterocycles. The van der Waals surface area contributed by atoms with Gasteiger partial charge in [0.25, 0.3) is 0 Å². The fraction of sp³-hybridized carbons (Fsp3) is 0.556. The Bertz CT molecular complexity index is 822. The second-order valence-electron chi connectivity index (χ2n) is 7.21. The zero-order chi connectivity index (χ0) is 18.9. The first-order valence-electron chi connectivity index (χ1n) is 8.92. The number of amides is 3. The number of benzene rings is 1. The van der Waals surface area contributed by atoms with Crippen molar-refractivity contribution in [3.05, 3.63) is 29.3 Å². The number of carbonyl (C=O) groups excluding carboxylic acids is 2. The molecule has 142 valence electrons. The van der Waals surface area contributed by atoms with E-state index in [1.54, 1.807) is 0 Å². The van der Waals surface area contributed by atoms with E-state index >= 15 is 0 Å². The minimum atomic E-state index is -3.21. The highest BCUT2D eigenvalue weighted by Crippen LogP contribution is 2.28. The van der Waals surface area contributed by atoms with Gasteiger partial charge in [-0.15, -0.1) is 0 Å². The van der Waals surface area contributed by atoms with Gasteiger partial charge in [-0.05, 0) is 49.9 Å². The van der Waals surface area contributed by atoms with Crippen molar-refractivity contribution >= 4 is 27.5 Å². The summed E-state index contributed by atoms with van der Waals surface area (Å²) < 4.78 is 24.5. The minimum Gasteiger partial charge on any atom is -0.332 e. The first kappa shape index (κ1) is 18.7. The fourth-order valence-electron chi connectivity index (χ4n) is 3.68. The molecule has 2 fully saturated rings. The molecule has 2 aliphatic heterocycles. The van der Waals surface area contributed by atoms with Crippen LogP contribution >= 0.6 is 0 Å². The average molecular weight is 379 g/mol. The molecule has 2 heterocycles. The summed E-state index contributed by atoms with van der Waals surface area (Å²) in [5, 5.41) is 7.67. The number of hydrogen-bond donors (Lipinski definition) is 3. The summed E-state index contributed by atoms with van der Waals surface area (Å²) in [5.41, 5.74) is 3.07. The lowest BCUT2D eigenvalue weighted by atomic mass is 10.0. The zero-order valence-corrected chi connectivity index (χ0v) is 15.9. The lowest BCUT2D eigenvalue weighted by molar-refractivity contribution is -0.116. The normalized spacial score (nSPS) is 26.1. The quantitative estimate of drug-likeness (QED) is 0.516. The summed E-state index contributed by atoms with van der Waals surface area (Å²) in [6.45, 7) is 4.02. The van der Waals surface area contributed by atoms with E-state index in [4.69, 9.17) is 0 Å². The highest BCUT2D eigenvalue weighted by atomic mass is 32.2. The van der Waals surface area contributed by atoms with Crippen molar-refractivity contribution < 1.29 is 18.0 Å². The number of carbonyl (C=O) groups is 2. The largest absolute Gasteiger partial charge is 0.332 e. The van der Waals surface area contributed by atoms with E-state index in [2.05, 4.69) is 16.0 Å². The molecule has 1 aromatic carbocycles. The molecule has 7 nitrogen and oxygen atoms in total. The molecule has 26 heavy (non-hydrogen) atoms. The fourth-order valence-corrected chi connectivity index (χ4v) is 5.95. The Kier molecular flexibility index (Phi) is 5.22. The highest BCUT2D eigenvalue weighted by Gasteiger charge is 2.51. The smallest absolute Gasteiger partial charge is 0.315 e. The van der Waals surface area contributed by atoms with Gasteiger partial charge in [-0.25, -0.2) is 13.2 Å². The summed E-state index contributed by atoms with van der Waals surface area (Å²) in [6.07, 6.45) is 2.05. The third-order valence-electron chi connectivity index (χ3n) is 5.25. The van der Waals surface area contributed by atoms with Crippen LogP contribution in [0.1, 0.15) is 36.8 Å². The van der Waals surface area contributed by atoms with Crippen molar-refractivity contribution in [2.75, 3.05) is 11.1 Å². The SMILES string of the molecule is Cc1ccc(NC(=O)CCCC[C@@H]2[C@@H]3NC(=O)N[C@H]3CS2(=O)=O)cc1C. The van der Waals surface area contributed by atoms with E-state index in [1.165, 1.54) is 5.56 Å². The van der Waals surface area contributed by atoms with E-state index in [-0.39, 0.29) is 29.8 Å². The maximum atomic E-state index is 12.2. The molecule has 2 aliphatic rings. The predicted molar refractivity (Wildman–Crippen MR) is 99.8 cm³/mol. The third kappa shape index (κ3) is 4.00. The van der Waals surface area contributed by atoms with Crippen LogP contribution in [0, 0.1) is 13.8 Å². The van der Waals surface area contributed by atoms with Crippen LogP contribution in [0.25, 0.3) is 0 Å². The highest BCUT2D eigenvalue weighted by molar-refractivity contribution is 7.92. The maximum absolute atomic E-state index is 12.2. The molecular formula is C18H25N3O4S. The molecule has 3 amide bonds. The standard InChI is InChI=1S/C18H25N3O4S/c1-11-7-8-13(9-12(11)2)19-16(22)6-4-3-5-15-17-14(10-26(15,24)25)20-18(23)21-17/h7-9,14-15,17H,3-6,10H2,1-2H3,(H,19,22)(H2,20,21,23)/t14-,15+,17+/m0/s1. The average Bonchev–Trinajstić information content (AvgIpc) is 2.99. The number of aryl methyl sites for hydroxylation is 2. The molecule has 0 saturated carbocycles. The van der Waals surface area contributed by atoms with Gasteiger partial charge in [0.2, 0.25) is 5.91 Å². The summed E-state index contributed by atoms with van der Waals surface area (Å²) in [6, 6.07) is 4.81. The van der Waals surface area contributed by atoms with Crippen LogP contribution in [-0.4, -0.2) is 43.4 Å². The molecule has 0 radical (unpaired) electrons. The second kappa shape index (κ2) is 7.26. The Labute approximate surface area is 153 Å². The predicted octanol–water partition coefficient (Wildman–Crippen LogP) is 1.65. The Morgan fingerprint density at radius 3 is 2.69 bits per heavy atom. The van der Waals surface area contributed by atoms with Crippen molar-refractivity contribution in [3.63, 3.8) is 0 Å². The molecular weight excluding hydrogens is 354 g/mol. The van der Waals surface area contributed by atoms with Crippen LogP contribution in [0.4, 0.5) is 10.5 Å². The Morgan fingerprint density at radius 2 is 1.96 bits per heavy atom. The number of urea groups is 1. The summed E-state index contributed by atoms with van der Waals surface area (Å²) in [5.74, 6) is -0.0785. The number of hydrogen-bond acceptors (Lipinski definition) is 4. The first-order chi connectivity index (χ1) is 12.3. The Hall–Kier alpha value is -2.09. The van der Waals surface area contributed by atoms with Crippen LogP contribution in [-0.2, 0) is 14.6 Å². The Balaban J connectivity index is 1.45. The van der Waals surface area contributed by atoms with Gasteiger partial charge in [-0.3, -0.25) is 4.79 Å². The molecule has 1 aromatic rings. The molecule has 0 unspecified atom stereocenters. The van der Waals surface area contributed by atoms with Crippen molar-refractivity contribution in [1.82, 2.24) is 10.6 Å². The van der Waals surface area contributed by atoms with Crippen molar-refractivity contribution in [2.24, 2.45) is 0 Å². The molecule has 0 aliphatic carbocycles. The van der Waals surface area contributed by atoms with Gasteiger partial charge in [0.05, 0.1) is 23.1 Å². The van der Waals surface area contributed by atoms with E-state index in [0.29, 0.717) is 25.7 Å². The molecule has 3 atom stereocenters. The zero-order valence-electron chi connectivity index (χ0n) is 15.0. The van der Waals surface area contributed by atoms with Gasteiger partial charge in [-0.1, -0.05) is 12.5 Å². The van der Waals surface area contributed by atoms with Gasteiger partial charge in [-0.2, -0.15) is 0 Å². The lowest BCUT2D eigenvalue weighted by Gasteiger charge is -2.16. The second-order valence-corrected chi connectivity index (χ2v) is 9.48. The Morgan fingerprint density at radius 1 is 1.19 bits per heavy atom. The van der Waals surface area contributed by atoms with E-state index in [0.717, 1.165) is 11.3 Å². The number of nitrogens with one attached hydrogen (secondary N) is 3. The first-order valence-corrected chi connectivity index (χ1v) is 10.6. The number of unbranched alkanes of at least 4 members (excludes halogenated alkanes) is 1. The lowest BCUT2D eigenvalue weighted by Crippen LogP contribution is -2.39. The molecule has 3 rings (SSSR count). The molecule has 0 spiro atoms. The number of rotatable bonds is 6. The summed E-state index contributed by atoms with van der Waals surface area (Å²) >= 11 is 0. The topological polar surface area (TPSA) is 104 Å². The molecule has 8 heteroatoms.